The maximum atomic E-state index is 4.60. The third-order valence-corrected chi connectivity index (χ3v) is 10.3. The molecule has 9 heteroatoms. The second-order valence-electron chi connectivity index (χ2n) is 6.11. The molecule has 2 aromatic carbocycles. The van der Waals surface area contributed by atoms with Gasteiger partial charge in [-0.25, -0.2) is 0 Å². The maximum Gasteiger partial charge on any atom is 0.119 e. The topological polar surface area (TPSA) is 51.6 Å². The molecule has 0 unspecified atom stereocenters. The van der Waals surface area contributed by atoms with Gasteiger partial charge < -0.3 is 0 Å². The Kier molecular flexibility index (Phi) is 2.96. The minimum Gasteiger partial charge on any atom is -0.172 e. The van der Waals surface area contributed by atoms with E-state index >= 15 is 0 Å². The minimum atomic E-state index is -1.81. The van der Waals surface area contributed by atoms with Gasteiger partial charge in [-0.3, -0.25) is 0 Å². The number of hydrogen-bond acceptors (Lipinski definition) is 6. The molecule has 1 aliphatic heterocycles. The van der Waals surface area contributed by atoms with Crippen molar-refractivity contribution >= 4 is 95.8 Å². The molecule has 0 N–H and O–H groups in total. The molecule has 0 amide bonds. The van der Waals surface area contributed by atoms with E-state index in [4.69, 9.17) is 0 Å². The normalized spacial score (nSPS) is 15.3. The molecule has 2 aromatic heterocycles. The quantitative estimate of drug-likeness (QED) is 0.354. The summed E-state index contributed by atoms with van der Waals surface area (Å²) in [5.41, 5.74) is 6.27. The van der Waals surface area contributed by atoms with Crippen molar-refractivity contribution in [2.24, 2.45) is 0 Å². The van der Waals surface area contributed by atoms with Gasteiger partial charge in [0.05, 0.1) is 23.5 Å². The lowest BCUT2D eigenvalue weighted by molar-refractivity contribution is 1.61. The smallest absolute Gasteiger partial charge is 0.119 e. The van der Waals surface area contributed by atoms with Crippen LogP contribution in [0, 0.1) is 0 Å². The third kappa shape index (κ3) is 1.74. The van der Waals surface area contributed by atoms with Crippen molar-refractivity contribution in [3.63, 3.8) is 0 Å². The summed E-state index contributed by atoms with van der Waals surface area (Å²) < 4.78 is 20.2. The van der Waals surface area contributed by atoms with Gasteiger partial charge in [-0.2, -0.15) is 17.5 Å². The van der Waals surface area contributed by atoms with Crippen molar-refractivity contribution in [2.45, 2.75) is 13.1 Å². The van der Waals surface area contributed by atoms with Crippen molar-refractivity contribution in [1.29, 1.82) is 0 Å². The molecule has 114 valence electrons. The highest BCUT2D eigenvalue weighted by molar-refractivity contribution is 9.11. The number of fused-ring (bicyclic) bond motifs is 7. The summed E-state index contributed by atoms with van der Waals surface area (Å²) in [5, 5.41) is 2.79. The van der Waals surface area contributed by atoms with Gasteiger partial charge in [-0.1, -0.05) is 13.1 Å². The van der Waals surface area contributed by atoms with E-state index in [1.165, 1.54) is 45.0 Å². The highest BCUT2D eigenvalue weighted by Crippen LogP contribution is 2.41. The highest BCUT2D eigenvalue weighted by atomic mass is 79.9. The molecule has 4 nitrogen and oxygen atoms in total. The fourth-order valence-electron chi connectivity index (χ4n) is 3.45. The summed E-state index contributed by atoms with van der Waals surface area (Å²) in [6.45, 7) is 4.77. The van der Waals surface area contributed by atoms with Crippen LogP contribution >= 0.6 is 55.3 Å². The number of rotatable bonds is 0. The van der Waals surface area contributed by atoms with Gasteiger partial charge in [0.15, 0.2) is 0 Å². The number of benzene rings is 2. The van der Waals surface area contributed by atoms with E-state index < -0.39 is 8.07 Å². The Balaban J connectivity index is 2.08. The zero-order valence-corrected chi connectivity index (χ0v) is 17.8. The van der Waals surface area contributed by atoms with Gasteiger partial charge in [0.1, 0.15) is 30.1 Å². The van der Waals surface area contributed by atoms with Crippen LogP contribution in [0.15, 0.2) is 21.1 Å². The maximum absolute atomic E-state index is 4.60. The first-order valence-corrected chi connectivity index (χ1v) is 13.0. The average molecular weight is 484 g/mol. The molecule has 1 aliphatic rings. The summed E-state index contributed by atoms with van der Waals surface area (Å²) in [7, 11) is -1.81. The average Bonchev–Trinajstić information content (AvgIpc) is 3.19. The Morgan fingerprint density at radius 1 is 0.739 bits per heavy atom. The first-order valence-electron chi connectivity index (χ1n) is 6.91. The zero-order chi connectivity index (χ0) is 15.9. The lowest BCUT2D eigenvalue weighted by Crippen LogP contribution is -2.49. The summed E-state index contributed by atoms with van der Waals surface area (Å²) in [6.07, 6.45) is 0. The molecule has 3 heterocycles. The predicted molar refractivity (Wildman–Crippen MR) is 106 cm³/mol. The molecule has 0 bridgehead atoms. The van der Waals surface area contributed by atoms with E-state index in [1.54, 1.807) is 0 Å². The first kappa shape index (κ1) is 14.6. The molecular formula is C14H8Br2N4S2Si. The van der Waals surface area contributed by atoms with E-state index in [-0.39, 0.29) is 0 Å². The van der Waals surface area contributed by atoms with Crippen LogP contribution in [0.5, 0.6) is 0 Å². The number of aromatic nitrogens is 4. The van der Waals surface area contributed by atoms with E-state index in [0.29, 0.717) is 0 Å². The van der Waals surface area contributed by atoms with Crippen molar-refractivity contribution in [2.75, 3.05) is 0 Å². The number of nitrogens with zero attached hydrogens (tertiary/aromatic N) is 4. The monoisotopic (exact) mass is 482 g/mol. The summed E-state index contributed by atoms with van der Waals surface area (Å²) in [6, 6.07) is 4.48. The van der Waals surface area contributed by atoms with E-state index in [1.807, 2.05) is 0 Å². The van der Waals surface area contributed by atoms with Gasteiger partial charge >= 0.3 is 0 Å². The molecule has 0 saturated carbocycles. The van der Waals surface area contributed by atoms with Crippen molar-refractivity contribution in [3.05, 3.63) is 21.1 Å². The molecule has 0 aliphatic carbocycles. The summed E-state index contributed by atoms with van der Waals surface area (Å²) in [4.78, 5) is 0. The lowest BCUT2D eigenvalue weighted by atomic mass is 10.0. The van der Waals surface area contributed by atoms with Crippen LogP contribution in [0.1, 0.15) is 0 Å². The Bertz CT molecular complexity index is 1050. The molecule has 23 heavy (non-hydrogen) atoms. The van der Waals surface area contributed by atoms with Crippen molar-refractivity contribution in [1.82, 2.24) is 17.5 Å². The highest BCUT2D eigenvalue weighted by Gasteiger charge is 2.42. The van der Waals surface area contributed by atoms with Gasteiger partial charge in [0, 0.05) is 20.1 Å². The molecule has 0 atom stereocenters. The Hall–Kier alpha value is -0.743. The molecule has 5 rings (SSSR count). The van der Waals surface area contributed by atoms with Gasteiger partial charge in [-0.15, -0.1) is 0 Å². The molecule has 0 spiro atoms. The van der Waals surface area contributed by atoms with Gasteiger partial charge in [0.2, 0.25) is 0 Å². The fraction of sp³-hybridized carbons (Fsp3) is 0.143. The second-order valence-corrected chi connectivity index (χ2v) is 13.2. The van der Waals surface area contributed by atoms with Crippen LogP contribution in [-0.4, -0.2) is 25.6 Å². The van der Waals surface area contributed by atoms with Crippen LogP contribution in [0.3, 0.4) is 0 Å². The standard InChI is InChI=1S/C14H8Br2N4S2Si/c1-23(2)7-3-5(15)11-13(19-21-17-11)9(7)10-8(23)4-6(16)12-14(10)20-22-18-12/h3-4H,1-2H3. The Morgan fingerprint density at radius 2 is 1.13 bits per heavy atom. The fourth-order valence-corrected chi connectivity index (χ4v) is 9.28. The van der Waals surface area contributed by atoms with Crippen LogP contribution in [0.25, 0.3) is 33.2 Å². The molecule has 0 saturated heterocycles. The lowest BCUT2D eigenvalue weighted by Gasteiger charge is -2.19. The van der Waals surface area contributed by atoms with Crippen LogP contribution in [0.2, 0.25) is 13.1 Å². The molecule has 4 aromatic rings. The first-order chi connectivity index (χ1) is 11.0. The summed E-state index contributed by atoms with van der Waals surface area (Å²) >= 11 is 9.87. The van der Waals surface area contributed by atoms with Gasteiger partial charge in [-0.05, 0) is 54.4 Å². The number of halogens is 2. The van der Waals surface area contributed by atoms with Crippen LogP contribution < -0.4 is 10.4 Å². The second kappa shape index (κ2) is 4.66. The van der Waals surface area contributed by atoms with E-state index in [9.17, 15) is 0 Å². The largest absolute Gasteiger partial charge is 0.172 e. The van der Waals surface area contributed by atoms with E-state index in [2.05, 4.69) is 74.6 Å². The third-order valence-electron chi connectivity index (χ3n) is 4.58. The molecule has 0 fully saturated rings. The van der Waals surface area contributed by atoms with Crippen LogP contribution in [-0.2, 0) is 0 Å². The molecule has 0 radical (unpaired) electrons. The minimum absolute atomic E-state index is 0.936. The number of hydrogen-bond donors (Lipinski definition) is 0. The van der Waals surface area contributed by atoms with E-state index in [0.717, 1.165) is 31.0 Å². The SMILES string of the molecule is C[Si]1(C)c2cc(Br)c3nsnc3c2-c2c1cc(Br)c1nsnc21. The molecular weight excluding hydrogens is 476 g/mol. The van der Waals surface area contributed by atoms with Crippen molar-refractivity contribution < 1.29 is 0 Å². The predicted octanol–water partition coefficient (Wildman–Crippen LogP) is 4.02. The zero-order valence-electron chi connectivity index (χ0n) is 12.0. The Labute approximate surface area is 157 Å². The Morgan fingerprint density at radius 3 is 1.57 bits per heavy atom. The summed E-state index contributed by atoms with van der Waals surface area (Å²) in [5.74, 6) is 0. The van der Waals surface area contributed by atoms with Crippen molar-refractivity contribution in [3.8, 4) is 11.1 Å². The van der Waals surface area contributed by atoms with Crippen LogP contribution in [0.4, 0.5) is 0 Å². The van der Waals surface area contributed by atoms with Gasteiger partial charge in [0.25, 0.3) is 0 Å².